The van der Waals surface area contributed by atoms with E-state index in [1.807, 2.05) is 6.92 Å². The molecule has 0 amide bonds. The molecule has 2 rings (SSSR count). The average molecular weight is 288 g/mol. The lowest BCUT2D eigenvalue weighted by molar-refractivity contribution is 0.0722. The van der Waals surface area contributed by atoms with Gasteiger partial charge in [-0.3, -0.25) is 14.6 Å². The number of benzene rings is 1. The van der Waals surface area contributed by atoms with Crippen molar-refractivity contribution in [3.8, 4) is 0 Å². The third-order valence-corrected chi connectivity index (χ3v) is 4.76. The molecule has 3 nitrogen and oxygen atoms in total. The van der Waals surface area contributed by atoms with Crippen molar-refractivity contribution in [3.63, 3.8) is 0 Å². The number of ketones is 1. The number of carbonyl (C=O) groups is 1. The second kappa shape index (κ2) is 6.71. The number of nitrogens with zero attached hydrogens (tertiary/aromatic N) is 2. The van der Waals surface area contributed by atoms with Gasteiger partial charge >= 0.3 is 0 Å². The van der Waals surface area contributed by atoms with Gasteiger partial charge in [0.2, 0.25) is 0 Å². The largest absolute Gasteiger partial charge is 0.298 e. The maximum Gasteiger partial charge on any atom is 0.177 e. The monoisotopic (exact) mass is 288 g/mol. The van der Waals surface area contributed by atoms with Crippen LogP contribution in [-0.2, 0) is 0 Å². The standard InChI is InChI=1S/C18H28N2O/c1-6-20-8-7-19(11-16(20)5)12-18(21)17-10-14(3)13(2)9-15(17)4/h9-10,16H,6-8,11-12H2,1-5H3. The molecule has 1 saturated heterocycles. The van der Waals surface area contributed by atoms with Crippen LogP contribution in [0.5, 0.6) is 0 Å². The second-order valence-corrected chi connectivity index (χ2v) is 6.39. The summed E-state index contributed by atoms with van der Waals surface area (Å²) < 4.78 is 0. The summed E-state index contributed by atoms with van der Waals surface area (Å²) in [7, 11) is 0. The molecular weight excluding hydrogens is 260 g/mol. The summed E-state index contributed by atoms with van der Waals surface area (Å²) in [6.07, 6.45) is 0. The van der Waals surface area contributed by atoms with Gasteiger partial charge in [-0.1, -0.05) is 13.0 Å². The van der Waals surface area contributed by atoms with Crippen LogP contribution in [0.4, 0.5) is 0 Å². The van der Waals surface area contributed by atoms with Crippen LogP contribution in [-0.4, -0.2) is 54.3 Å². The van der Waals surface area contributed by atoms with E-state index in [9.17, 15) is 4.79 Å². The molecule has 1 atom stereocenters. The first kappa shape index (κ1) is 16.2. The zero-order valence-electron chi connectivity index (χ0n) is 14.1. The summed E-state index contributed by atoms with van der Waals surface area (Å²) in [6.45, 7) is 15.4. The molecular formula is C18H28N2O. The highest BCUT2D eigenvalue weighted by Gasteiger charge is 2.24. The van der Waals surface area contributed by atoms with Gasteiger partial charge in [0.25, 0.3) is 0 Å². The molecule has 0 saturated carbocycles. The quantitative estimate of drug-likeness (QED) is 0.796. The van der Waals surface area contributed by atoms with Gasteiger partial charge in [0.1, 0.15) is 0 Å². The third kappa shape index (κ3) is 3.72. The maximum atomic E-state index is 12.6. The molecule has 1 aromatic carbocycles. The number of aryl methyl sites for hydroxylation is 3. The lowest BCUT2D eigenvalue weighted by Gasteiger charge is -2.39. The Labute approximate surface area is 128 Å². The number of Topliss-reactive ketones (excluding diaryl/α,β-unsaturated/α-hetero) is 1. The van der Waals surface area contributed by atoms with Gasteiger partial charge in [-0.15, -0.1) is 0 Å². The minimum atomic E-state index is 0.257. The fourth-order valence-corrected chi connectivity index (χ4v) is 3.23. The summed E-state index contributed by atoms with van der Waals surface area (Å²) >= 11 is 0. The minimum Gasteiger partial charge on any atom is -0.298 e. The van der Waals surface area contributed by atoms with Crippen LogP contribution in [0.1, 0.15) is 40.9 Å². The first-order valence-electron chi connectivity index (χ1n) is 7.99. The van der Waals surface area contributed by atoms with Crippen LogP contribution in [0.15, 0.2) is 12.1 Å². The predicted octanol–water partition coefficient (Wildman–Crippen LogP) is 2.82. The van der Waals surface area contributed by atoms with Crippen LogP contribution in [0.2, 0.25) is 0 Å². The number of rotatable bonds is 4. The summed E-state index contributed by atoms with van der Waals surface area (Å²) in [6, 6.07) is 4.72. The van der Waals surface area contributed by atoms with Crippen molar-refractivity contribution in [1.29, 1.82) is 0 Å². The Morgan fingerprint density at radius 2 is 1.81 bits per heavy atom. The van der Waals surface area contributed by atoms with E-state index in [1.54, 1.807) is 0 Å². The van der Waals surface area contributed by atoms with Gasteiger partial charge in [-0.05, 0) is 57.0 Å². The third-order valence-electron chi connectivity index (χ3n) is 4.76. The fourth-order valence-electron chi connectivity index (χ4n) is 3.23. The Balaban J connectivity index is 2.04. The molecule has 0 aromatic heterocycles. The highest BCUT2D eigenvalue weighted by molar-refractivity contribution is 5.99. The van der Waals surface area contributed by atoms with Crippen LogP contribution in [0.25, 0.3) is 0 Å². The van der Waals surface area contributed by atoms with Gasteiger partial charge in [0, 0.05) is 31.2 Å². The fraction of sp³-hybridized carbons (Fsp3) is 0.611. The topological polar surface area (TPSA) is 23.6 Å². The van der Waals surface area contributed by atoms with Crippen LogP contribution >= 0.6 is 0 Å². The van der Waals surface area contributed by atoms with E-state index < -0.39 is 0 Å². The molecule has 0 bridgehead atoms. The van der Waals surface area contributed by atoms with Crippen LogP contribution < -0.4 is 0 Å². The molecule has 0 N–H and O–H groups in total. The zero-order valence-corrected chi connectivity index (χ0v) is 14.1. The Bertz CT molecular complexity index is 524. The number of piperazine rings is 1. The van der Waals surface area contributed by atoms with E-state index in [4.69, 9.17) is 0 Å². The van der Waals surface area contributed by atoms with E-state index in [1.165, 1.54) is 11.1 Å². The van der Waals surface area contributed by atoms with E-state index in [-0.39, 0.29) is 5.78 Å². The normalized spacial score (nSPS) is 20.7. The predicted molar refractivity (Wildman–Crippen MR) is 88.1 cm³/mol. The van der Waals surface area contributed by atoms with Crippen molar-refractivity contribution in [2.45, 2.75) is 40.7 Å². The average Bonchev–Trinajstić information content (AvgIpc) is 2.43. The Morgan fingerprint density at radius 1 is 1.14 bits per heavy atom. The maximum absolute atomic E-state index is 12.6. The molecule has 1 unspecified atom stereocenters. The van der Waals surface area contributed by atoms with Gasteiger partial charge in [0.05, 0.1) is 6.54 Å². The van der Waals surface area contributed by atoms with Crippen LogP contribution in [0, 0.1) is 20.8 Å². The van der Waals surface area contributed by atoms with Crippen molar-refractivity contribution in [3.05, 3.63) is 34.4 Å². The van der Waals surface area contributed by atoms with Gasteiger partial charge in [-0.2, -0.15) is 0 Å². The van der Waals surface area contributed by atoms with E-state index >= 15 is 0 Å². The number of carbonyl (C=O) groups excluding carboxylic acids is 1. The zero-order chi connectivity index (χ0) is 15.6. The van der Waals surface area contributed by atoms with E-state index in [0.717, 1.165) is 37.3 Å². The number of hydrogen-bond acceptors (Lipinski definition) is 3. The molecule has 116 valence electrons. The summed E-state index contributed by atoms with van der Waals surface area (Å²) in [5, 5.41) is 0. The first-order valence-corrected chi connectivity index (χ1v) is 7.99. The minimum absolute atomic E-state index is 0.257. The van der Waals surface area contributed by atoms with Gasteiger partial charge in [-0.25, -0.2) is 0 Å². The summed E-state index contributed by atoms with van der Waals surface area (Å²) in [4.78, 5) is 17.4. The molecule has 1 aromatic rings. The number of likely N-dealkylation sites (N-methyl/N-ethyl adjacent to an activating group) is 1. The molecule has 1 fully saturated rings. The van der Waals surface area contributed by atoms with Crippen molar-refractivity contribution in [2.24, 2.45) is 0 Å². The number of hydrogen-bond donors (Lipinski definition) is 0. The SMILES string of the molecule is CCN1CCN(CC(=O)c2cc(C)c(C)cc2C)CC1C. The van der Waals surface area contributed by atoms with E-state index in [0.29, 0.717) is 12.6 Å². The second-order valence-electron chi connectivity index (χ2n) is 6.39. The summed E-state index contributed by atoms with van der Waals surface area (Å²) in [5.74, 6) is 0.257. The van der Waals surface area contributed by atoms with Crippen molar-refractivity contribution >= 4 is 5.78 Å². The smallest absolute Gasteiger partial charge is 0.177 e. The molecule has 0 spiro atoms. The highest BCUT2D eigenvalue weighted by Crippen LogP contribution is 2.17. The van der Waals surface area contributed by atoms with E-state index in [2.05, 4.69) is 49.6 Å². The van der Waals surface area contributed by atoms with Crippen molar-refractivity contribution in [2.75, 3.05) is 32.7 Å². The molecule has 21 heavy (non-hydrogen) atoms. The molecule has 1 heterocycles. The molecule has 0 aliphatic carbocycles. The van der Waals surface area contributed by atoms with Gasteiger partial charge in [0.15, 0.2) is 5.78 Å². The van der Waals surface area contributed by atoms with Gasteiger partial charge < -0.3 is 0 Å². The molecule has 0 radical (unpaired) electrons. The Kier molecular flexibility index (Phi) is 5.17. The Morgan fingerprint density at radius 3 is 2.43 bits per heavy atom. The lowest BCUT2D eigenvalue weighted by atomic mass is 9.97. The van der Waals surface area contributed by atoms with Crippen LogP contribution in [0.3, 0.4) is 0 Å². The molecule has 1 aliphatic rings. The highest BCUT2D eigenvalue weighted by atomic mass is 16.1. The first-order chi connectivity index (χ1) is 9.92. The Hall–Kier alpha value is -1.19. The molecule has 3 heteroatoms. The lowest BCUT2D eigenvalue weighted by Crippen LogP contribution is -2.52. The van der Waals surface area contributed by atoms with Crippen molar-refractivity contribution in [1.82, 2.24) is 9.80 Å². The summed E-state index contributed by atoms with van der Waals surface area (Å²) in [5.41, 5.74) is 4.45. The molecule has 1 aliphatic heterocycles. The van der Waals surface area contributed by atoms with Crippen molar-refractivity contribution < 1.29 is 4.79 Å².